The van der Waals surface area contributed by atoms with Gasteiger partial charge in [0, 0.05) is 30.1 Å². The lowest BCUT2D eigenvalue weighted by Gasteiger charge is -2.34. The molecule has 2 aliphatic heterocycles. The van der Waals surface area contributed by atoms with Crippen LogP contribution in [0, 0.1) is 31.6 Å². The second-order valence-corrected chi connectivity index (χ2v) is 12.9. The predicted octanol–water partition coefficient (Wildman–Crippen LogP) is 6.22. The molecule has 0 spiro atoms. The number of carbonyl (C=O) groups excluding carboxylic acids is 2. The number of primary amides is 1. The number of hydrogen-bond acceptors (Lipinski definition) is 6. The smallest absolute Gasteiger partial charge is 0.411 e. The van der Waals surface area contributed by atoms with Gasteiger partial charge in [-0.2, -0.15) is 0 Å². The van der Waals surface area contributed by atoms with E-state index in [1.807, 2.05) is 4.90 Å². The molecule has 2 aromatic rings. The molecule has 2 amide bonds. The fourth-order valence-electron chi connectivity index (χ4n) is 7.37. The van der Waals surface area contributed by atoms with Gasteiger partial charge < -0.3 is 20.1 Å². The number of nitrogens with zero attached hydrogens (tertiary/aromatic N) is 3. The van der Waals surface area contributed by atoms with Gasteiger partial charge in [-0.1, -0.05) is 35.4 Å². The summed E-state index contributed by atoms with van der Waals surface area (Å²) in [5.74, 6) is 2.43. The van der Waals surface area contributed by atoms with E-state index >= 15 is 0 Å². The summed E-state index contributed by atoms with van der Waals surface area (Å²) >= 11 is 0. The van der Waals surface area contributed by atoms with Crippen LogP contribution < -0.4 is 10.6 Å². The minimum absolute atomic E-state index is 0.00651. The van der Waals surface area contributed by atoms with Crippen molar-refractivity contribution in [2.75, 3.05) is 25.1 Å². The number of anilines is 1. The highest BCUT2D eigenvalue weighted by Gasteiger charge is 2.41. The largest absolute Gasteiger partial charge is 0.496 e. The van der Waals surface area contributed by atoms with Crippen molar-refractivity contribution < 1.29 is 19.1 Å². The number of pyridine rings is 1. The molecule has 3 atom stereocenters. The van der Waals surface area contributed by atoms with Crippen molar-refractivity contribution in [2.45, 2.75) is 78.0 Å². The second-order valence-electron chi connectivity index (χ2n) is 12.9. The summed E-state index contributed by atoms with van der Waals surface area (Å²) in [4.78, 5) is 34.4. The Morgan fingerprint density at radius 1 is 1.09 bits per heavy atom. The maximum atomic E-state index is 13.4. The van der Waals surface area contributed by atoms with Gasteiger partial charge in [0.15, 0.2) is 0 Å². The van der Waals surface area contributed by atoms with Crippen LogP contribution in [0.4, 0.5) is 10.6 Å². The molecule has 2 aliphatic carbocycles. The molecule has 1 saturated carbocycles. The Hall–Kier alpha value is -3.81. The summed E-state index contributed by atoms with van der Waals surface area (Å²) in [6.45, 7) is 8.53. The number of aromatic nitrogens is 1. The molecule has 43 heavy (non-hydrogen) atoms. The second kappa shape index (κ2) is 12.1. The summed E-state index contributed by atoms with van der Waals surface area (Å²) in [5, 5.41) is 0. The molecule has 6 rings (SSSR count). The van der Waals surface area contributed by atoms with Crippen LogP contribution in [0.15, 0.2) is 48.2 Å². The number of benzene rings is 1. The normalized spacial score (nSPS) is 27.3. The fraction of sp³-hybridized carbons (Fsp3) is 0.514. The molecule has 3 fully saturated rings. The van der Waals surface area contributed by atoms with E-state index in [1.54, 1.807) is 7.11 Å². The summed E-state index contributed by atoms with van der Waals surface area (Å²) in [6, 6.07) is 10.4. The van der Waals surface area contributed by atoms with E-state index in [-0.39, 0.29) is 30.1 Å². The molecule has 3 heterocycles. The Balaban J connectivity index is 1.31. The lowest BCUT2D eigenvalue weighted by atomic mass is 9.72. The van der Waals surface area contributed by atoms with Crippen LogP contribution in [0.3, 0.4) is 0 Å². The van der Waals surface area contributed by atoms with Crippen LogP contribution in [-0.4, -0.2) is 48.1 Å². The number of aryl methyl sites for hydroxylation is 2. The average Bonchev–Trinajstić information content (AvgIpc) is 3.24. The van der Waals surface area contributed by atoms with Crippen LogP contribution in [0.1, 0.15) is 79.5 Å². The molecule has 1 aromatic carbocycles. The van der Waals surface area contributed by atoms with Gasteiger partial charge in [0.1, 0.15) is 17.7 Å². The van der Waals surface area contributed by atoms with Crippen LogP contribution in [0.5, 0.6) is 0 Å². The van der Waals surface area contributed by atoms with Crippen LogP contribution in [0.25, 0.3) is 5.57 Å². The predicted molar refractivity (Wildman–Crippen MR) is 167 cm³/mol. The molecule has 228 valence electrons. The Labute approximate surface area is 254 Å². The topological polar surface area (TPSA) is 98.0 Å². The molecule has 2 saturated heterocycles. The first kappa shape index (κ1) is 29.3. The molecular weight excluding hydrogens is 540 g/mol. The van der Waals surface area contributed by atoms with Crippen molar-refractivity contribution in [2.24, 2.45) is 23.5 Å². The lowest BCUT2D eigenvalue weighted by molar-refractivity contribution is -0.123. The summed E-state index contributed by atoms with van der Waals surface area (Å²) in [7, 11) is 1.72. The van der Waals surface area contributed by atoms with Gasteiger partial charge in [-0.25, -0.2) is 9.78 Å². The number of cyclic esters (lactones) is 1. The van der Waals surface area contributed by atoms with Gasteiger partial charge in [0.25, 0.3) is 0 Å². The zero-order chi connectivity index (χ0) is 30.2. The van der Waals surface area contributed by atoms with Crippen molar-refractivity contribution in [1.29, 1.82) is 0 Å². The number of hydrogen-bond donors (Lipinski definition) is 1. The Morgan fingerprint density at radius 2 is 1.81 bits per heavy atom. The minimum atomic E-state index is -0.337. The summed E-state index contributed by atoms with van der Waals surface area (Å²) < 4.78 is 11.9. The van der Waals surface area contributed by atoms with Crippen LogP contribution >= 0.6 is 0 Å². The Bertz CT molecular complexity index is 1430. The molecule has 8 nitrogen and oxygen atoms in total. The van der Waals surface area contributed by atoms with Gasteiger partial charge in [0.2, 0.25) is 5.91 Å². The van der Waals surface area contributed by atoms with E-state index in [1.165, 1.54) is 0 Å². The van der Waals surface area contributed by atoms with Gasteiger partial charge in [-0.3, -0.25) is 9.69 Å². The number of nitrogens with two attached hydrogens (primary N) is 1. The quantitative estimate of drug-likeness (QED) is 0.396. The van der Waals surface area contributed by atoms with Crippen molar-refractivity contribution >= 4 is 23.4 Å². The number of amides is 2. The highest BCUT2D eigenvalue weighted by atomic mass is 16.6. The molecular formula is C35H44N4O4. The average molecular weight is 585 g/mol. The molecule has 1 unspecified atom stereocenters. The lowest BCUT2D eigenvalue weighted by Crippen LogP contribution is -2.38. The molecule has 1 aromatic heterocycles. The van der Waals surface area contributed by atoms with Crippen molar-refractivity contribution in [1.82, 2.24) is 9.88 Å². The van der Waals surface area contributed by atoms with E-state index in [0.29, 0.717) is 18.4 Å². The third kappa shape index (κ3) is 5.89. The van der Waals surface area contributed by atoms with Gasteiger partial charge in [0.05, 0.1) is 25.4 Å². The number of carbonyl (C=O) groups is 2. The first-order chi connectivity index (χ1) is 20.7. The number of allylic oxidation sites excluding steroid dienone is 3. The first-order valence-corrected chi connectivity index (χ1v) is 15.8. The molecule has 0 bridgehead atoms. The van der Waals surface area contributed by atoms with Gasteiger partial charge in [-0.05, 0) is 94.9 Å². The maximum absolute atomic E-state index is 13.4. The third-order valence-corrected chi connectivity index (χ3v) is 9.94. The van der Waals surface area contributed by atoms with Crippen LogP contribution in [-0.2, 0) is 20.8 Å². The third-order valence-electron chi connectivity index (χ3n) is 9.94. The van der Waals surface area contributed by atoms with Crippen molar-refractivity contribution in [3.05, 3.63) is 76.2 Å². The standard InChI is InChI=1S/C35H44N4O4/c1-21-16-22(2)18-27(17-21)33-23(3)39(35(41)43-33)20-30-28(11-13-32(37-30)38-14-5-15-38)29-19-26(10-12-31(29)42-4)24-6-8-25(9-7-24)34(36)40/h11-13,16-19,23-26,33H,5-10,14-15,20H2,1-4H3,(H2,36,40)/t23-,24-,25-,26?,33-/m0/s1. The summed E-state index contributed by atoms with van der Waals surface area (Å²) in [6.07, 6.45) is 9.65. The van der Waals surface area contributed by atoms with E-state index in [2.05, 4.69) is 68.2 Å². The van der Waals surface area contributed by atoms with E-state index in [4.69, 9.17) is 20.2 Å². The van der Waals surface area contributed by atoms with Crippen molar-refractivity contribution in [3.63, 3.8) is 0 Å². The number of rotatable bonds is 8. The first-order valence-electron chi connectivity index (χ1n) is 15.8. The highest BCUT2D eigenvalue weighted by Crippen LogP contribution is 2.42. The Morgan fingerprint density at radius 3 is 2.44 bits per heavy atom. The van der Waals surface area contributed by atoms with E-state index in [9.17, 15) is 9.59 Å². The molecule has 2 N–H and O–H groups in total. The highest BCUT2D eigenvalue weighted by molar-refractivity contribution is 5.81. The SMILES string of the molecule is COC1=CCC([C@H]2CC[C@H](C(N)=O)CC2)C=C1c1ccc(N2CCC2)nc1CN1C(=O)O[C@H](c2cc(C)cc(C)c2)[C@@H]1C. The van der Waals surface area contributed by atoms with E-state index in [0.717, 1.165) is 96.7 Å². The van der Waals surface area contributed by atoms with Crippen molar-refractivity contribution in [3.8, 4) is 0 Å². The summed E-state index contributed by atoms with van der Waals surface area (Å²) in [5.41, 5.74) is 11.8. The zero-order valence-corrected chi connectivity index (χ0v) is 25.8. The Kier molecular flexibility index (Phi) is 8.21. The fourth-order valence-corrected chi connectivity index (χ4v) is 7.37. The maximum Gasteiger partial charge on any atom is 0.411 e. The molecule has 4 aliphatic rings. The molecule has 8 heteroatoms. The zero-order valence-electron chi connectivity index (χ0n) is 25.8. The monoisotopic (exact) mass is 584 g/mol. The number of ether oxygens (including phenoxy) is 2. The van der Waals surface area contributed by atoms with Gasteiger partial charge >= 0.3 is 6.09 Å². The van der Waals surface area contributed by atoms with Gasteiger partial charge in [-0.15, -0.1) is 0 Å². The number of methoxy groups -OCH3 is 1. The minimum Gasteiger partial charge on any atom is -0.496 e. The van der Waals surface area contributed by atoms with E-state index < -0.39 is 0 Å². The van der Waals surface area contributed by atoms with Crippen LogP contribution in [0.2, 0.25) is 0 Å². The molecule has 0 radical (unpaired) electrons.